The van der Waals surface area contributed by atoms with E-state index in [1.54, 1.807) is 0 Å². The number of nitro groups is 1. The molecule has 0 heterocycles. The smallest absolute Gasteiger partial charge is 0.327 e. The standard InChI is InChI=1S/C10H12F2N2O4/c11-7-5-8(12)10(14(16)17)9(6-7)13-1-3-18-4-2-15/h5-6,13,15H,1-4H2. The molecule has 0 saturated heterocycles. The molecule has 0 bridgehead atoms. The Kier molecular flexibility index (Phi) is 5.40. The Bertz CT molecular complexity index is 429. The summed E-state index contributed by atoms with van der Waals surface area (Å²) in [6, 6.07) is 1.29. The summed E-state index contributed by atoms with van der Waals surface area (Å²) in [5, 5.41) is 21.6. The molecule has 0 unspecified atom stereocenters. The molecule has 0 fully saturated rings. The normalized spacial score (nSPS) is 10.4. The zero-order chi connectivity index (χ0) is 13.5. The number of halogens is 2. The Morgan fingerprint density at radius 3 is 2.72 bits per heavy atom. The fourth-order valence-electron chi connectivity index (χ4n) is 1.31. The predicted octanol–water partition coefficient (Wildman–Crippen LogP) is 1.29. The zero-order valence-electron chi connectivity index (χ0n) is 9.36. The summed E-state index contributed by atoms with van der Waals surface area (Å²) >= 11 is 0. The van der Waals surface area contributed by atoms with E-state index in [0.717, 1.165) is 6.07 Å². The van der Waals surface area contributed by atoms with Gasteiger partial charge in [-0.3, -0.25) is 10.1 Å². The first-order chi connectivity index (χ1) is 8.56. The van der Waals surface area contributed by atoms with Gasteiger partial charge in [0, 0.05) is 18.7 Å². The SMILES string of the molecule is O=[N+]([O-])c1c(F)cc(F)cc1NCCOCCO. The Morgan fingerprint density at radius 1 is 1.39 bits per heavy atom. The molecule has 1 aromatic rings. The van der Waals surface area contributed by atoms with E-state index >= 15 is 0 Å². The minimum absolute atomic E-state index is 0.126. The van der Waals surface area contributed by atoms with Crippen molar-refractivity contribution >= 4 is 11.4 Å². The topological polar surface area (TPSA) is 84.6 Å². The van der Waals surface area contributed by atoms with Crippen molar-refractivity contribution in [1.29, 1.82) is 0 Å². The third-order valence-corrected chi connectivity index (χ3v) is 2.01. The van der Waals surface area contributed by atoms with Crippen LogP contribution in [-0.4, -0.2) is 36.4 Å². The van der Waals surface area contributed by atoms with Gasteiger partial charge in [0.25, 0.3) is 0 Å². The summed E-state index contributed by atoms with van der Waals surface area (Å²) in [4.78, 5) is 9.70. The van der Waals surface area contributed by atoms with E-state index in [1.165, 1.54) is 0 Å². The van der Waals surface area contributed by atoms with Crippen LogP contribution in [0.25, 0.3) is 0 Å². The van der Waals surface area contributed by atoms with E-state index in [1.807, 2.05) is 0 Å². The van der Waals surface area contributed by atoms with Crippen LogP contribution >= 0.6 is 0 Å². The van der Waals surface area contributed by atoms with E-state index < -0.39 is 22.2 Å². The molecular weight excluding hydrogens is 250 g/mol. The molecule has 0 aliphatic heterocycles. The lowest BCUT2D eigenvalue weighted by molar-refractivity contribution is -0.386. The van der Waals surface area contributed by atoms with E-state index in [9.17, 15) is 18.9 Å². The van der Waals surface area contributed by atoms with Crippen LogP contribution in [0.3, 0.4) is 0 Å². The third-order valence-electron chi connectivity index (χ3n) is 2.01. The molecule has 0 atom stereocenters. The molecule has 0 aromatic heterocycles. The fourth-order valence-corrected chi connectivity index (χ4v) is 1.31. The highest BCUT2D eigenvalue weighted by molar-refractivity contribution is 5.62. The number of anilines is 1. The minimum Gasteiger partial charge on any atom is -0.394 e. The molecule has 0 spiro atoms. The van der Waals surface area contributed by atoms with E-state index in [0.29, 0.717) is 6.07 Å². The molecule has 0 aliphatic rings. The Morgan fingerprint density at radius 2 is 2.11 bits per heavy atom. The summed E-state index contributed by atoms with van der Waals surface area (Å²) < 4.78 is 31.0. The van der Waals surface area contributed by atoms with Crippen LogP contribution in [0.4, 0.5) is 20.2 Å². The van der Waals surface area contributed by atoms with Crippen molar-refractivity contribution in [2.24, 2.45) is 0 Å². The number of rotatable bonds is 7. The maximum Gasteiger partial charge on any atom is 0.327 e. The lowest BCUT2D eigenvalue weighted by atomic mass is 10.2. The number of aliphatic hydroxyl groups excluding tert-OH is 1. The van der Waals surface area contributed by atoms with Crippen LogP contribution in [0.2, 0.25) is 0 Å². The van der Waals surface area contributed by atoms with Gasteiger partial charge in [-0.1, -0.05) is 0 Å². The maximum atomic E-state index is 13.2. The van der Waals surface area contributed by atoms with Crippen LogP contribution in [0.5, 0.6) is 0 Å². The second kappa shape index (κ2) is 6.82. The average Bonchev–Trinajstić information content (AvgIpc) is 2.27. The van der Waals surface area contributed by atoms with E-state index in [-0.39, 0.29) is 32.1 Å². The number of nitrogens with one attached hydrogen (secondary N) is 1. The molecule has 6 nitrogen and oxygen atoms in total. The van der Waals surface area contributed by atoms with Crippen molar-refractivity contribution in [3.05, 3.63) is 33.9 Å². The van der Waals surface area contributed by atoms with Gasteiger partial charge in [0.2, 0.25) is 5.82 Å². The summed E-state index contributed by atoms with van der Waals surface area (Å²) in [7, 11) is 0. The van der Waals surface area contributed by atoms with Gasteiger partial charge >= 0.3 is 5.69 Å². The highest BCUT2D eigenvalue weighted by atomic mass is 19.1. The predicted molar refractivity (Wildman–Crippen MR) is 59.4 cm³/mol. The number of ether oxygens (including phenoxy) is 1. The molecule has 1 rings (SSSR count). The fraction of sp³-hybridized carbons (Fsp3) is 0.400. The van der Waals surface area contributed by atoms with E-state index in [4.69, 9.17) is 9.84 Å². The van der Waals surface area contributed by atoms with Crippen LogP contribution in [0, 0.1) is 21.7 Å². The second-order valence-electron chi connectivity index (χ2n) is 3.30. The molecule has 18 heavy (non-hydrogen) atoms. The van der Waals surface area contributed by atoms with Gasteiger partial charge in [0.05, 0.1) is 24.7 Å². The van der Waals surface area contributed by atoms with Gasteiger partial charge in [-0.05, 0) is 0 Å². The molecule has 1 aromatic carbocycles. The van der Waals surface area contributed by atoms with Crippen LogP contribution < -0.4 is 5.32 Å². The molecular formula is C10H12F2N2O4. The minimum atomic E-state index is -1.24. The molecule has 0 aliphatic carbocycles. The lowest BCUT2D eigenvalue weighted by Crippen LogP contribution is -2.13. The monoisotopic (exact) mass is 262 g/mol. The van der Waals surface area contributed by atoms with Crippen LogP contribution in [0.15, 0.2) is 12.1 Å². The number of nitro benzene ring substituents is 1. The van der Waals surface area contributed by atoms with Gasteiger partial charge in [-0.25, -0.2) is 4.39 Å². The van der Waals surface area contributed by atoms with Crippen molar-refractivity contribution in [2.45, 2.75) is 0 Å². The van der Waals surface area contributed by atoms with Gasteiger partial charge in [-0.2, -0.15) is 4.39 Å². The summed E-state index contributed by atoms with van der Waals surface area (Å²) in [6.07, 6.45) is 0. The molecule has 100 valence electrons. The summed E-state index contributed by atoms with van der Waals surface area (Å²) in [5.41, 5.74) is -1.05. The Labute approximate surface area is 101 Å². The molecule has 0 radical (unpaired) electrons. The van der Waals surface area contributed by atoms with Crippen molar-refractivity contribution in [2.75, 3.05) is 31.7 Å². The third kappa shape index (κ3) is 3.90. The second-order valence-corrected chi connectivity index (χ2v) is 3.30. The number of nitrogens with zero attached hydrogens (tertiary/aromatic N) is 1. The van der Waals surface area contributed by atoms with Crippen molar-refractivity contribution in [3.8, 4) is 0 Å². The lowest BCUT2D eigenvalue weighted by Gasteiger charge is -2.08. The van der Waals surface area contributed by atoms with Crippen LogP contribution in [-0.2, 0) is 4.74 Å². The van der Waals surface area contributed by atoms with E-state index in [2.05, 4.69) is 5.32 Å². The molecule has 8 heteroatoms. The number of benzene rings is 1. The van der Waals surface area contributed by atoms with Crippen molar-refractivity contribution in [1.82, 2.24) is 0 Å². The molecule has 2 N–H and O–H groups in total. The van der Waals surface area contributed by atoms with Gasteiger partial charge in [0.1, 0.15) is 11.5 Å². The Hall–Kier alpha value is -1.80. The first-order valence-electron chi connectivity index (χ1n) is 5.12. The van der Waals surface area contributed by atoms with Gasteiger partial charge in [-0.15, -0.1) is 0 Å². The molecule has 0 amide bonds. The van der Waals surface area contributed by atoms with Crippen LogP contribution in [0.1, 0.15) is 0 Å². The largest absolute Gasteiger partial charge is 0.394 e. The first-order valence-corrected chi connectivity index (χ1v) is 5.12. The number of hydrogen-bond donors (Lipinski definition) is 2. The Balaban J connectivity index is 2.71. The first kappa shape index (κ1) is 14.3. The van der Waals surface area contributed by atoms with Crippen molar-refractivity contribution in [3.63, 3.8) is 0 Å². The zero-order valence-corrected chi connectivity index (χ0v) is 9.36. The molecule has 0 saturated carbocycles. The highest BCUT2D eigenvalue weighted by Gasteiger charge is 2.21. The van der Waals surface area contributed by atoms with Crippen molar-refractivity contribution < 1.29 is 23.5 Å². The number of hydrogen-bond acceptors (Lipinski definition) is 5. The van der Waals surface area contributed by atoms with Gasteiger partial charge < -0.3 is 15.2 Å². The average molecular weight is 262 g/mol. The quantitative estimate of drug-likeness (QED) is 0.439. The summed E-state index contributed by atoms with van der Waals surface area (Å²) in [5.74, 6) is -2.14. The number of aliphatic hydroxyl groups is 1. The highest BCUT2D eigenvalue weighted by Crippen LogP contribution is 2.28. The summed E-state index contributed by atoms with van der Waals surface area (Å²) in [6.45, 7) is 0.260. The maximum absolute atomic E-state index is 13.2. The van der Waals surface area contributed by atoms with Gasteiger partial charge in [0.15, 0.2) is 0 Å².